The molecule has 4 rings (SSSR count). The summed E-state index contributed by atoms with van der Waals surface area (Å²) in [5, 5.41) is 8.69. The van der Waals surface area contributed by atoms with Crippen molar-refractivity contribution in [2.45, 2.75) is 25.6 Å². The van der Waals surface area contributed by atoms with Crippen LogP contribution >= 0.6 is 0 Å². The lowest BCUT2D eigenvalue weighted by Crippen LogP contribution is -2.65. The molecule has 3 aromatic rings. The molecular formula is C22H26FN5O2. The number of halogens is 1. The van der Waals surface area contributed by atoms with Crippen LogP contribution < -0.4 is 5.32 Å². The number of ether oxygens (including phenoxy) is 1. The Balaban J connectivity index is 1.41. The number of rotatable bonds is 7. The first-order valence-corrected chi connectivity index (χ1v) is 10.1. The number of nitrogens with one attached hydrogen (secondary N) is 1. The van der Waals surface area contributed by atoms with Gasteiger partial charge in [0, 0.05) is 50.0 Å². The minimum atomic E-state index is -1.90. The van der Waals surface area contributed by atoms with Crippen molar-refractivity contribution >= 4 is 22.5 Å². The number of fused-ring (bicyclic) bond motifs is 1. The van der Waals surface area contributed by atoms with E-state index in [1.54, 1.807) is 23.1 Å². The molecule has 1 amide bonds. The third kappa shape index (κ3) is 4.34. The lowest BCUT2D eigenvalue weighted by atomic mass is 9.95. The maximum atomic E-state index is 14.9. The molecular weight excluding hydrogens is 385 g/mol. The molecule has 1 N–H and O–H groups in total. The van der Waals surface area contributed by atoms with Crippen LogP contribution in [0.5, 0.6) is 0 Å². The highest BCUT2D eigenvalue weighted by Crippen LogP contribution is 2.28. The first-order chi connectivity index (χ1) is 14.3. The third-order valence-corrected chi connectivity index (χ3v) is 5.22. The van der Waals surface area contributed by atoms with Crippen molar-refractivity contribution in [3.05, 3.63) is 42.9 Å². The number of nitrogens with zero attached hydrogens (tertiary/aromatic N) is 4. The molecule has 0 spiro atoms. The smallest absolute Gasteiger partial charge is 0.265 e. The Morgan fingerprint density at radius 1 is 1.23 bits per heavy atom. The number of hydrogen-bond donors (Lipinski definition) is 1. The van der Waals surface area contributed by atoms with Gasteiger partial charge in [-0.2, -0.15) is 5.10 Å². The number of anilines is 1. The monoisotopic (exact) mass is 411 g/mol. The predicted octanol–water partition coefficient (Wildman–Crippen LogP) is 3.02. The second kappa shape index (κ2) is 8.12. The number of carbonyl (C=O) groups is 1. The molecule has 1 aliphatic rings. The summed E-state index contributed by atoms with van der Waals surface area (Å²) < 4.78 is 22.1. The van der Waals surface area contributed by atoms with Crippen LogP contribution in [-0.4, -0.2) is 63.6 Å². The molecule has 1 aromatic carbocycles. The number of amides is 1. The van der Waals surface area contributed by atoms with Gasteiger partial charge < -0.3 is 10.1 Å². The van der Waals surface area contributed by atoms with Crippen molar-refractivity contribution in [3.63, 3.8) is 0 Å². The molecule has 158 valence electrons. The highest BCUT2D eigenvalue weighted by atomic mass is 19.1. The third-order valence-electron chi connectivity index (χ3n) is 5.22. The van der Waals surface area contributed by atoms with Gasteiger partial charge in [-0.05, 0) is 36.9 Å². The predicted molar refractivity (Wildman–Crippen MR) is 114 cm³/mol. The average Bonchev–Trinajstić information content (AvgIpc) is 3.12. The Kier molecular flexibility index (Phi) is 5.53. The van der Waals surface area contributed by atoms with Crippen LogP contribution in [0.25, 0.3) is 21.9 Å². The number of benzene rings is 1. The van der Waals surface area contributed by atoms with Crippen LogP contribution in [0.2, 0.25) is 0 Å². The van der Waals surface area contributed by atoms with Crippen molar-refractivity contribution in [2.75, 3.05) is 31.6 Å². The Morgan fingerprint density at radius 3 is 2.73 bits per heavy atom. The lowest BCUT2D eigenvalue weighted by molar-refractivity contribution is -0.140. The maximum Gasteiger partial charge on any atom is 0.265 e. The van der Waals surface area contributed by atoms with Gasteiger partial charge in [-0.15, -0.1) is 0 Å². The lowest BCUT2D eigenvalue weighted by Gasteiger charge is -2.42. The Hall–Kier alpha value is -2.84. The average molecular weight is 411 g/mol. The summed E-state index contributed by atoms with van der Waals surface area (Å²) in [5.41, 5.74) is 0.117. The minimum Gasteiger partial charge on any atom is -0.377 e. The minimum absolute atomic E-state index is 0.0685. The van der Waals surface area contributed by atoms with E-state index in [-0.39, 0.29) is 19.2 Å². The van der Waals surface area contributed by atoms with Crippen molar-refractivity contribution in [3.8, 4) is 11.1 Å². The molecule has 0 radical (unpaired) electrons. The maximum absolute atomic E-state index is 14.9. The van der Waals surface area contributed by atoms with E-state index in [0.717, 1.165) is 21.9 Å². The number of aryl methyl sites for hydroxylation is 1. The molecule has 7 nitrogen and oxygen atoms in total. The van der Waals surface area contributed by atoms with E-state index in [4.69, 9.17) is 4.74 Å². The second-order valence-electron chi connectivity index (χ2n) is 8.08. The highest BCUT2D eigenvalue weighted by Gasteiger charge is 2.49. The zero-order valence-corrected chi connectivity index (χ0v) is 17.4. The van der Waals surface area contributed by atoms with Crippen LogP contribution in [-0.2, 0) is 16.6 Å². The van der Waals surface area contributed by atoms with Crippen LogP contribution in [0.3, 0.4) is 0 Å². The van der Waals surface area contributed by atoms with E-state index in [2.05, 4.69) is 15.4 Å². The number of pyridine rings is 1. The standard InChI is InChI=1S/C22H26FN5O2/c1-15(2)30-7-6-28-13-22(23,14-28)21(29)26-20-9-18-8-16(4-5-17(18)10-24-20)19-11-25-27(3)12-19/h4-5,8-12,15H,6-7,13-14H2,1-3H3,(H,24,26,29). The van der Waals surface area contributed by atoms with E-state index < -0.39 is 11.6 Å². The molecule has 1 aliphatic heterocycles. The summed E-state index contributed by atoms with van der Waals surface area (Å²) >= 11 is 0. The first-order valence-electron chi connectivity index (χ1n) is 10.1. The normalized spacial score (nSPS) is 16.0. The van der Waals surface area contributed by atoms with Gasteiger partial charge in [0.15, 0.2) is 0 Å². The van der Waals surface area contributed by atoms with Gasteiger partial charge in [-0.3, -0.25) is 14.4 Å². The second-order valence-corrected chi connectivity index (χ2v) is 8.08. The van der Waals surface area contributed by atoms with E-state index in [0.29, 0.717) is 19.0 Å². The molecule has 3 heterocycles. The molecule has 1 saturated heterocycles. The molecule has 0 unspecified atom stereocenters. The van der Waals surface area contributed by atoms with Gasteiger partial charge in [0.05, 0.1) is 18.9 Å². The number of alkyl halides is 1. The number of hydrogen-bond acceptors (Lipinski definition) is 5. The van der Waals surface area contributed by atoms with E-state index in [9.17, 15) is 9.18 Å². The molecule has 0 aliphatic carbocycles. The molecule has 8 heteroatoms. The zero-order chi connectivity index (χ0) is 21.3. The van der Waals surface area contributed by atoms with Crippen LogP contribution in [0, 0.1) is 0 Å². The topological polar surface area (TPSA) is 72.3 Å². The zero-order valence-electron chi connectivity index (χ0n) is 17.4. The molecule has 2 aromatic heterocycles. The van der Waals surface area contributed by atoms with Gasteiger partial charge >= 0.3 is 0 Å². The Labute approximate surface area is 174 Å². The fourth-order valence-electron chi connectivity index (χ4n) is 3.57. The van der Waals surface area contributed by atoms with E-state index >= 15 is 0 Å². The van der Waals surface area contributed by atoms with Crippen LogP contribution in [0.4, 0.5) is 10.2 Å². The summed E-state index contributed by atoms with van der Waals surface area (Å²) in [6, 6.07) is 7.75. The molecule has 0 atom stereocenters. The summed E-state index contributed by atoms with van der Waals surface area (Å²) in [5.74, 6) is -0.312. The summed E-state index contributed by atoms with van der Waals surface area (Å²) in [4.78, 5) is 18.6. The summed E-state index contributed by atoms with van der Waals surface area (Å²) in [6.07, 6.45) is 5.56. The molecule has 30 heavy (non-hydrogen) atoms. The molecule has 0 saturated carbocycles. The van der Waals surface area contributed by atoms with Crippen LogP contribution in [0.15, 0.2) is 42.9 Å². The Morgan fingerprint density at radius 2 is 2.03 bits per heavy atom. The van der Waals surface area contributed by atoms with E-state index in [1.165, 1.54) is 0 Å². The van der Waals surface area contributed by atoms with Crippen molar-refractivity contribution in [1.82, 2.24) is 19.7 Å². The quantitative estimate of drug-likeness (QED) is 0.647. The fourth-order valence-corrected chi connectivity index (χ4v) is 3.57. The van der Waals surface area contributed by atoms with Gasteiger partial charge in [-0.1, -0.05) is 12.1 Å². The van der Waals surface area contributed by atoms with E-state index in [1.807, 2.05) is 50.2 Å². The summed E-state index contributed by atoms with van der Waals surface area (Å²) in [6.45, 7) is 5.19. The molecule has 1 fully saturated rings. The summed E-state index contributed by atoms with van der Waals surface area (Å²) in [7, 11) is 1.87. The Bertz CT molecular complexity index is 1060. The molecule has 0 bridgehead atoms. The van der Waals surface area contributed by atoms with Crippen LogP contribution in [0.1, 0.15) is 13.8 Å². The van der Waals surface area contributed by atoms with Gasteiger partial charge in [0.2, 0.25) is 5.67 Å². The SMILES string of the molecule is CC(C)OCCN1CC(F)(C(=O)Nc2cc3cc(-c4cnn(C)c4)ccc3cn2)C1. The number of aromatic nitrogens is 3. The first kappa shape index (κ1) is 20.4. The van der Waals surface area contributed by atoms with Gasteiger partial charge in [-0.25, -0.2) is 9.37 Å². The van der Waals surface area contributed by atoms with Gasteiger partial charge in [0.25, 0.3) is 5.91 Å². The highest BCUT2D eigenvalue weighted by molar-refractivity contribution is 5.99. The van der Waals surface area contributed by atoms with Crippen molar-refractivity contribution in [2.24, 2.45) is 7.05 Å². The largest absolute Gasteiger partial charge is 0.377 e. The fraction of sp³-hybridized carbons (Fsp3) is 0.409. The van der Waals surface area contributed by atoms with Crippen molar-refractivity contribution in [1.29, 1.82) is 0 Å². The van der Waals surface area contributed by atoms with Crippen molar-refractivity contribution < 1.29 is 13.9 Å². The van der Waals surface area contributed by atoms with Gasteiger partial charge in [0.1, 0.15) is 5.82 Å². The number of likely N-dealkylation sites (tertiary alicyclic amines) is 1. The number of carbonyl (C=O) groups excluding carboxylic acids is 1.